The largest absolute Gasteiger partial charge is 0.491 e. The number of anilines is 1. The van der Waals surface area contributed by atoms with Crippen LogP contribution in [0.4, 0.5) is 10.3 Å². The molecule has 102 valence electrons. The fourth-order valence-corrected chi connectivity index (χ4v) is 2.22. The molecule has 1 aromatic heterocycles. The second kappa shape index (κ2) is 4.85. The summed E-state index contributed by atoms with van der Waals surface area (Å²) in [5.74, 6) is 0.149. The molecule has 3 rings (SSSR count). The second-order valence-corrected chi connectivity index (χ2v) is 4.34. The van der Waals surface area contributed by atoms with Crippen molar-refractivity contribution in [3.05, 3.63) is 48.3 Å². The average molecular weight is 271 g/mol. The molecule has 0 atom stereocenters. The van der Waals surface area contributed by atoms with Gasteiger partial charge in [0.2, 0.25) is 5.95 Å². The number of rotatable bonds is 3. The minimum absolute atomic E-state index is 0.235. The molecule has 20 heavy (non-hydrogen) atoms. The van der Waals surface area contributed by atoms with E-state index in [0.717, 1.165) is 11.0 Å². The van der Waals surface area contributed by atoms with Crippen LogP contribution in [0.1, 0.15) is 6.92 Å². The molecule has 0 unspecified atom stereocenters. The molecule has 0 saturated heterocycles. The SMILES string of the molecule is CCOc1ccc(-n2c(N)nc3ccccc32)cc1F. The Morgan fingerprint density at radius 3 is 2.80 bits per heavy atom. The first kappa shape index (κ1) is 12.5. The molecule has 0 fully saturated rings. The molecular formula is C15H14FN3O. The second-order valence-electron chi connectivity index (χ2n) is 4.34. The zero-order chi connectivity index (χ0) is 14.1. The maximum atomic E-state index is 14.0. The fraction of sp³-hybridized carbons (Fsp3) is 0.133. The topological polar surface area (TPSA) is 53.1 Å². The lowest BCUT2D eigenvalue weighted by molar-refractivity contribution is 0.321. The van der Waals surface area contributed by atoms with Gasteiger partial charge in [0.1, 0.15) is 0 Å². The van der Waals surface area contributed by atoms with Gasteiger partial charge in [-0.2, -0.15) is 0 Å². The molecule has 4 nitrogen and oxygen atoms in total. The van der Waals surface area contributed by atoms with Gasteiger partial charge in [-0.05, 0) is 31.2 Å². The van der Waals surface area contributed by atoms with Crippen LogP contribution in [0, 0.1) is 5.82 Å². The molecule has 3 aromatic rings. The van der Waals surface area contributed by atoms with Gasteiger partial charge in [-0.3, -0.25) is 4.57 Å². The van der Waals surface area contributed by atoms with E-state index in [1.165, 1.54) is 6.07 Å². The maximum Gasteiger partial charge on any atom is 0.205 e. The molecule has 0 amide bonds. The minimum atomic E-state index is -0.415. The third-order valence-electron chi connectivity index (χ3n) is 3.06. The van der Waals surface area contributed by atoms with Crippen LogP contribution in [0.2, 0.25) is 0 Å². The van der Waals surface area contributed by atoms with Gasteiger partial charge in [0.15, 0.2) is 11.6 Å². The zero-order valence-corrected chi connectivity index (χ0v) is 11.0. The molecule has 2 aromatic carbocycles. The van der Waals surface area contributed by atoms with Crippen molar-refractivity contribution in [3.8, 4) is 11.4 Å². The summed E-state index contributed by atoms with van der Waals surface area (Å²) in [6, 6.07) is 12.3. The lowest BCUT2D eigenvalue weighted by Crippen LogP contribution is -2.02. The van der Waals surface area contributed by atoms with Crippen molar-refractivity contribution in [1.29, 1.82) is 0 Å². The van der Waals surface area contributed by atoms with E-state index in [0.29, 0.717) is 18.2 Å². The molecule has 0 saturated carbocycles. The lowest BCUT2D eigenvalue weighted by atomic mass is 10.2. The first-order chi connectivity index (χ1) is 9.70. The number of nitrogens with zero attached hydrogens (tertiary/aromatic N) is 2. The van der Waals surface area contributed by atoms with E-state index >= 15 is 0 Å². The number of hydrogen-bond donors (Lipinski definition) is 1. The van der Waals surface area contributed by atoms with Crippen LogP contribution in [0.3, 0.4) is 0 Å². The highest BCUT2D eigenvalue weighted by atomic mass is 19.1. The third kappa shape index (κ3) is 1.97. The maximum absolute atomic E-state index is 14.0. The van der Waals surface area contributed by atoms with E-state index in [9.17, 15) is 4.39 Å². The number of para-hydroxylation sites is 2. The lowest BCUT2D eigenvalue weighted by Gasteiger charge is -2.09. The van der Waals surface area contributed by atoms with Gasteiger partial charge in [-0.15, -0.1) is 0 Å². The van der Waals surface area contributed by atoms with Gasteiger partial charge in [-0.25, -0.2) is 9.37 Å². The summed E-state index contributed by atoms with van der Waals surface area (Å²) in [5, 5.41) is 0. The Labute approximate surface area is 115 Å². The van der Waals surface area contributed by atoms with Crippen molar-refractivity contribution in [2.45, 2.75) is 6.92 Å². The van der Waals surface area contributed by atoms with Crippen molar-refractivity contribution in [2.75, 3.05) is 12.3 Å². The quantitative estimate of drug-likeness (QED) is 0.796. The molecule has 0 aliphatic carbocycles. The number of nitrogen functional groups attached to an aromatic ring is 1. The smallest absolute Gasteiger partial charge is 0.205 e. The van der Waals surface area contributed by atoms with Crippen molar-refractivity contribution in [3.63, 3.8) is 0 Å². The number of nitrogens with two attached hydrogens (primary N) is 1. The molecule has 0 bridgehead atoms. The van der Waals surface area contributed by atoms with Crippen LogP contribution >= 0.6 is 0 Å². The van der Waals surface area contributed by atoms with Crippen LogP contribution in [-0.4, -0.2) is 16.2 Å². The van der Waals surface area contributed by atoms with E-state index in [1.54, 1.807) is 16.7 Å². The van der Waals surface area contributed by atoms with Gasteiger partial charge < -0.3 is 10.5 Å². The molecular weight excluding hydrogens is 257 g/mol. The van der Waals surface area contributed by atoms with Crippen molar-refractivity contribution >= 4 is 17.0 Å². The number of aromatic nitrogens is 2. The first-order valence-electron chi connectivity index (χ1n) is 6.36. The predicted molar refractivity (Wildman–Crippen MR) is 76.6 cm³/mol. The van der Waals surface area contributed by atoms with Crippen LogP contribution in [0.25, 0.3) is 16.7 Å². The first-order valence-corrected chi connectivity index (χ1v) is 6.36. The Morgan fingerprint density at radius 2 is 2.05 bits per heavy atom. The summed E-state index contributed by atoms with van der Waals surface area (Å²) in [6.45, 7) is 2.24. The minimum Gasteiger partial charge on any atom is -0.491 e. The number of ether oxygens (including phenoxy) is 1. The Bertz CT molecular complexity index is 767. The average Bonchev–Trinajstić information content (AvgIpc) is 2.77. The number of fused-ring (bicyclic) bond motifs is 1. The van der Waals surface area contributed by atoms with Crippen LogP contribution in [0.5, 0.6) is 5.75 Å². The van der Waals surface area contributed by atoms with E-state index < -0.39 is 5.82 Å². The number of benzene rings is 2. The summed E-state index contributed by atoms with van der Waals surface area (Å²) in [6.07, 6.45) is 0. The van der Waals surface area contributed by atoms with E-state index in [4.69, 9.17) is 10.5 Å². The van der Waals surface area contributed by atoms with Gasteiger partial charge in [0.05, 0.1) is 23.3 Å². The van der Waals surface area contributed by atoms with Crippen molar-refractivity contribution < 1.29 is 9.13 Å². The summed E-state index contributed by atoms with van der Waals surface area (Å²) in [4.78, 5) is 4.26. The van der Waals surface area contributed by atoms with E-state index in [2.05, 4.69) is 4.98 Å². The standard InChI is InChI=1S/C15H14FN3O/c1-2-20-14-8-7-10(9-11(14)16)19-13-6-4-3-5-12(13)18-15(19)17/h3-9H,2H2,1H3,(H2,17,18). The molecule has 5 heteroatoms. The van der Waals surface area contributed by atoms with E-state index in [-0.39, 0.29) is 5.75 Å². The number of halogens is 1. The van der Waals surface area contributed by atoms with Crippen LogP contribution in [-0.2, 0) is 0 Å². The summed E-state index contributed by atoms with van der Waals surface area (Å²) in [7, 11) is 0. The Kier molecular flexibility index (Phi) is 3.02. The predicted octanol–water partition coefficient (Wildman–Crippen LogP) is 3.15. The van der Waals surface area contributed by atoms with Crippen LogP contribution in [0.15, 0.2) is 42.5 Å². The van der Waals surface area contributed by atoms with E-state index in [1.807, 2.05) is 31.2 Å². The van der Waals surface area contributed by atoms with Gasteiger partial charge in [-0.1, -0.05) is 12.1 Å². The molecule has 0 radical (unpaired) electrons. The van der Waals surface area contributed by atoms with Gasteiger partial charge in [0, 0.05) is 6.07 Å². The molecule has 0 spiro atoms. The molecule has 0 aliphatic rings. The summed E-state index contributed by atoms with van der Waals surface area (Å²) in [5.41, 5.74) is 8.17. The Balaban J connectivity index is 2.16. The zero-order valence-electron chi connectivity index (χ0n) is 11.0. The highest BCUT2D eigenvalue weighted by Gasteiger charge is 2.12. The highest BCUT2D eigenvalue weighted by Crippen LogP contribution is 2.26. The van der Waals surface area contributed by atoms with Gasteiger partial charge >= 0.3 is 0 Å². The van der Waals surface area contributed by atoms with Crippen LogP contribution < -0.4 is 10.5 Å². The summed E-state index contributed by atoms with van der Waals surface area (Å²) >= 11 is 0. The fourth-order valence-electron chi connectivity index (χ4n) is 2.22. The highest BCUT2D eigenvalue weighted by molar-refractivity contribution is 5.80. The molecule has 2 N–H and O–H groups in total. The molecule has 1 heterocycles. The normalized spacial score (nSPS) is 10.9. The van der Waals surface area contributed by atoms with Crippen molar-refractivity contribution in [2.24, 2.45) is 0 Å². The monoisotopic (exact) mass is 271 g/mol. The van der Waals surface area contributed by atoms with Gasteiger partial charge in [0.25, 0.3) is 0 Å². The number of hydrogen-bond acceptors (Lipinski definition) is 3. The Hall–Kier alpha value is -2.56. The third-order valence-corrected chi connectivity index (χ3v) is 3.06. The number of imidazole rings is 1. The summed E-state index contributed by atoms with van der Waals surface area (Å²) < 4.78 is 20.9. The molecule has 0 aliphatic heterocycles. The Morgan fingerprint density at radius 1 is 1.25 bits per heavy atom. The van der Waals surface area contributed by atoms with Crippen molar-refractivity contribution in [1.82, 2.24) is 9.55 Å².